The second kappa shape index (κ2) is 17.7. The summed E-state index contributed by atoms with van der Waals surface area (Å²) in [6.45, 7) is 19.4. The van der Waals surface area contributed by atoms with Crippen LogP contribution in [0.4, 0.5) is 0 Å². The van der Waals surface area contributed by atoms with Gasteiger partial charge in [-0.05, 0) is 50.9 Å². The Balaban J connectivity index is 0. The van der Waals surface area contributed by atoms with Gasteiger partial charge in [-0.1, -0.05) is 79.7 Å². The van der Waals surface area contributed by atoms with Crippen molar-refractivity contribution in [2.75, 3.05) is 20.1 Å². The molecule has 2 aliphatic rings. The third-order valence-corrected chi connectivity index (χ3v) is 4.09. The minimum absolute atomic E-state index is 0.844. The van der Waals surface area contributed by atoms with Gasteiger partial charge in [0.15, 0.2) is 0 Å². The van der Waals surface area contributed by atoms with Crippen molar-refractivity contribution in [1.29, 1.82) is 0 Å². The predicted octanol–water partition coefficient (Wildman–Crippen LogP) is 6.83. The number of rotatable bonds is 2. The first kappa shape index (κ1) is 26.1. The Bertz CT molecular complexity index is 429. The highest BCUT2D eigenvalue weighted by molar-refractivity contribution is 6.03. The van der Waals surface area contributed by atoms with Gasteiger partial charge in [0, 0.05) is 11.3 Å². The van der Waals surface area contributed by atoms with Crippen LogP contribution in [0.5, 0.6) is 0 Å². The third-order valence-electron chi connectivity index (χ3n) is 4.09. The van der Waals surface area contributed by atoms with E-state index in [1.165, 1.54) is 49.2 Å². The second-order valence-corrected chi connectivity index (χ2v) is 5.37. The molecule has 1 aromatic rings. The molecule has 0 saturated carbocycles. The molecule has 0 radical (unpaired) electrons. The van der Waals surface area contributed by atoms with Crippen LogP contribution in [-0.2, 0) is 6.54 Å². The SMILES string of the molecule is CC.CC.CC.CC.CN1CCC(CC2=NCc3ccccc32)CC1. The molecule has 2 aliphatic heterocycles. The van der Waals surface area contributed by atoms with Crippen LogP contribution in [0, 0.1) is 5.92 Å². The van der Waals surface area contributed by atoms with Gasteiger partial charge in [0.2, 0.25) is 0 Å². The molecule has 3 rings (SSSR count). The van der Waals surface area contributed by atoms with Crippen LogP contribution in [0.1, 0.15) is 85.8 Å². The standard InChI is InChI=1S/C15H20N2.4C2H6/c1-17-8-6-12(7-9-17)10-15-14-5-3-2-4-13(14)11-16-15;4*1-2/h2-5,12H,6-11H2,1H3;4*1-2H3. The first-order valence-corrected chi connectivity index (χ1v) is 10.6. The second-order valence-electron chi connectivity index (χ2n) is 5.37. The molecule has 0 amide bonds. The highest BCUT2D eigenvalue weighted by Crippen LogP contribution is 2.26. The molecule has 2 heterocycles. The van der Waals surface area contributed by atoms with Gasteiger partial charge in [0.25, 0.3) is 0 Å². The fourth-order valence-electron chi connectivity index (χ4n) is 2.92. The largest absolute Gasteiger partial charge is 0.306 e. The van der Waals surface area contributed by atoms with Gasteiger partial charge in [0.1, 0.15) is 0 Å². The molecule has 0 bridgehead atoms. The molecule has 0 N–H and O–H groups in total. The zero-order chi connectivity index (χ0) is 19.7. The zero-order valence-electron chi connectivity index (χ0n) is 18.5. The van der Waals surface area contributed by atoms with E-state index in [1.54, 1.807) is 0 Å². The Morgan fingerprint density at radius 3 is 1.96 bits per heavy atom. The maximum Gasteiger partial charge on any atom is 0.0649 e. The van der Waals surface area contributed by atoms with E-state index in [1.807, 2.05) is 55.4 Å². The van der Waals surface area contributed by atoms with E-state index in [0.717, 1.165) is 12.5 Å². The summed E-state index contributed by atoms with van der Waals surface area (Å²) >= 11 is 0. The molecule has 146 valence electrons. The minimum atomic E-state index is 0.844. The van der Waals surface area contributed by atoms with Crippen molar-refractivity contribution in [2.24, 2.45) is 10.9 Å². The number of piperidine rings is 1. The van der Waals surface area contributed by atoms with E-state index in [-0.39, 0.29) is 0 Å². The van der Waals surface area contributed by atoms with Crippen molar-refractivity contribution in [1.82, 2.24) is 4.90 Å². The maximum absolute atomic E-state index is 4.72. The van der Waals surface area contributed by atoms with Gasteiger partial charge in [-0.25, -0.2) is 0 Å². The molecule has 0 spiro atoms. The summed E-state index contributed by atoms with van der Waals surface area (Å²) in [6.07, 6.45) is 3.85. The normalized spacial score (nSPS) is 15.5. The fraction of sp³-hybridized carbons (Fsp3) is 0.696. The summed E-state index contributed by atoms with van der Waals surface area (Å²) in [7, 11) is 2.22. The van der Waals surface area contributed by atoms with Crippen molar-refractivity contribution in [3.05, 3.63) is 35.4 Å². The van der Waals surface area contributed by atoms with Gasteiger partial charge in [-0.2, -0.15) is 0 Å². The number of aliphatic imine (C=N–C) groups is 1. The molecular formula is C23H44N2. The van der Waals surface area contributed by atoms with E-state index in [0.29, 0.717) is 0 Å². The summed E-state index contributed by atoms with van der Waals surface area (Å²) in [5, 5.41) is 0. The Morgan fingerprint density at radius 1 is 0.880 bits per heavy atom. The Kier molecular flexibility index (Phi) is 18.4. The van der Waals surface area contributed by atoms with Gasteiger partial charge < -0.3 is 4.90 Å². The van der Waals surface area contributed by atoms with Crippen LogP contribution in [0.3, 0.4) is 0 Å². The van der Waals surface area contributed by atoms with Crippen LogP contribution in [0.2, 0.25) is 0 Å². The van der Waals surface area contributed by atoms with Crippen LogP contribution in [-0.4, -0.2) is 30.7 Å². The van der Waals surface area contributed by atoms with Crippen molar-refractivity contribution < 1.29 is 0 Å². The molecule has 2 nitrogen and oxygen atoms in total. The van der Waals surface area contributed by atoms with Crippen LogP contribution in [0.15, 0.2) is 29.3 Å². The van der Waals surface area contributed by atoms with E-state index >= 15 is 0 Å². The average Bonchev–Trinajstić information content (AvgIpc) is 3.13. The van der Waals surface area contributed by atoms with E-state index in [4.69, 9.17) is 4.99 Å². The van der Waals surface area contributed by atoms with Crippen LogP contribution >= 0.6 is 0 Å². The van der Waals surface area contributed by atoms with Gasteiger partial charge in [-0.15, -0.1) is 0 Å². The molecule has 0 aromatic heterocycles. The van der Waals surface area contributed by atoms with Crippen LogP contribution < -0.4 is 0 Å². The molecule has 0 unspecified atom stereocenters. The molecular weight excluding hydrogens is 304 g/mol. The number of hydrogen-bond donors (Lipinski definition) is 0. The lowest BCUT2D eigenvalue weighted by molar-refractivity contribution is 0.223. The quantitative estimate of drug-likeness (QED) is 0.572. The van der Waals surface area contributed by atoms with E-state index in [9.17, 15) is 0 Å². The lowest BCUT2D eigenvalue weighted by Gasteiger charge is -2.28. The topological polar surface area (TPSA) is 15.6 Å². The summed E-state index contributed by atoms with van der Waals surface area (Å²) in [4.78, 5) is 7.15. The number of nitrogens with zero attached hydrogens (tertiary/aromatic N) is 2. The summed E-state index contributed by atoms with van der Waals surface area (Å²) in [5.74, 6) is 0.844. The van der Waals surface area contributed by atoms with Crippen LogP contribution in [0.25, 0.3) is 0 Å². The van der Waals surface area contributed by atoms with Crippen molar-refractivity contribution in [3.8, 4) is 0 Å². The third kappa shape index (κ3) is 9.21. The van der Waals surface area contributed by atoms with Crippen molar-refractivity contribution >= 4 is 5.71 Å². The Hall–Kier alpha value is -1.15. The molecule has 2 heteroatoms. The maximum atomic E-state index is 4.72. The van der Waals surface area contributed by atoms with Gasteiger partial charge >= 0.3 is 0 Å². The van der Waals surface area contributed by atoms with Crippen molar-refractivity contribution in [3.63, 3.8) is 0 Å². The average molecular weight is 349 g/mol. The van der Waals surface area contributed by atoms with Gasteiger partial charge in [0.05, 0.1) is 6.54 Å². The lowest BCUT2D eigenvalue weighted by Crippen LogP contribution is -2.31. The molecule has 1 aromatic carbocycles. The monoisotopic (exact) mass is 348 g/mol. The minimum Gasteiger partial charge on any atom is -0.306 e. The fourth-order valence-corrected chi connectivity index (χ4v) is 2.92. The molecule has 25 heavy (non-hydrogen) atoms. The first-order chi connectivity index (χ1) is 12.3. The summed E-state index contributed by atoms with van der Waals surface area (Å²) < 4.78 is 0. The number of benzene rings is 1. The van der Waals surface area contributed by atoms with E-state index < -0.39 is 0 Å². The zero-order valence-corrected chi connectivity index (χ0v) is 18.5. The molecule has 0 aliphatic carbocycles. The predicted molar refractivity (Wildman–Crippen MR) is 117 cm³/mol. The van der Waals surface area contributed by atoms with E-state index in [2.05, 4.69) is 36.2 Å². The number of likely N-dealkylation sites (tertiary alicyclic amines) is 1. The summed E-state index contributed by atoms with van der Waals surface area (Å²) in [5.41, 5.74) is 4.18. The molecule has 1 fully saturated rings. The smallest absolute Gasteiger partial charge is 0.0649 e. The molecule has 0 atom stereocenters. The number of fused-ring (bicyclic) bond motifs is 1. The Labute approximate surface area is 158 Å². The number of hydrogen-bond acceptors (Lipinski definition) is 2. The highest BCUT2D eigenvalue weighted by atomic mass is 15.1. The lowest BCUT2D eigenvalue weighted by atomic mass is 9.89. The Morgan fingerprint density at radius 2 is 1.40 bits per heavy atom. The van der Waals surface area contributed by atoms with Crippen molar-refractivity contribution in [2.45, 2.75) is 81.2 Å². The summed E-state index contributed by atoms with van der Waals surface area (Å²) in [6, 6.07) is 8.69. The first-order valence-electron chi connectivity index (χ1n) is 10.6. The molecule has 1 saturated heterocycles. The van der Waals surface area contributed by atoms with Gasteiger partial charge in [-0.3, -0.25) is 4.99 Å². The highest BCUT2D eigenvalue weighted by Gasteiger charge is 2.22.